The number of sulfone groups is 1. The van der Waals surface area contributed by atoms with Crippen molar-refractivity contribution in [2.45, 2.75) is 24.3 Å². The fraction of sp³-hybridized carbons (Fsp3) is 0.455. The van der Waals surface area contributed by atoms with E-state index in [1.54, 1.807) is 31.2 Å². The third kappa shape index (κ3) is 3.21. The second-order valence-electron chi connectivity index (χ2n) is 3.74. The molecule has 0 saturated heterocycles. The first-order chi connectivity index (χ1) is 7.47. The molecular weight excluding hydrogens is 226 g/mol. The van der Waals surface area contributed by atoms with E-state index in [0.29, 0.717) is 12.2 Å². The molecule has 4 nitrogen and oxygen atoms in total. The lowest BCUT2D eigenvalue weighted by Gasteiger charge is -2.10. The zero-order chi connectivity index (χ0) is 12.2. The van der Waals surface area contributed by atoms with Crippen molar-refractivity contribution in [3.63, 3.8) is 0 Å². The Labute approximate surface area is 96.3 Å². The van der Waals surface area contributed by atoms with Crippen molar-refractivity contribution in [2.75, 3.05) is 12.9 Å². The minimum Gasteiger partial charge on any atom is -0.495 e. The number of methoxy groups -OCH3 is 1. The highest BCUT2D eigenvalue weighted by Crippen LogP contribution is 2.24. The summed E-state index contributed by atoms with van der Waals surface area (Å²) in [5.74, 6) is 0.428. The van der Waals surface area contributed by atoms with E-state index in [-0.39, 0.29) is 16.7 Å². The fourth-order valence-corrected chi connectivity index (χ4v) is 2.97. The Kier molecular flexibility index (Phi) is 4.32. The first kappa shape index (κ1) is 13.0. The molecule has 0 aliphatic rings. The molecule has 1 atom stereocenters. The van der Waals surface area contributed by atoms with Crippen molar-refractivity contribution in [3.8, 4) is 5.75 Å². The van der Waals surface area contributed by atoms with E-state index in [1.807, 2.05) is 0 Å². The number of hydrogen-bond donors (Lipinski definition) is 1. The maximum absolute atomic E-state index is 12.0. The van der Waals surface area contributed by atoms with Crippen LogP contribution in [0.25, 0.3) is 0 Å². The lowest BCUT2D eigenvalue weighted by atomic mass is 10.3. The minimum atomic E-state index is -3.30. The number of nitrogens with two attached hydrogens (primary N) is 1. The average Bonchev–Trinajstić information content (AvgIpc) is 2.26. The van der Waals surface area contributed by atoms with Crippen LogP contribution in [0, 0.1) is 0 Å². The molecule has 1 aromatic rings. The maximum atomic E-state index is 12.0. The van der Waals surface area contributed by atoms with Crippen molar-refractivity contribution in [1.29, 1.82) is 0 Å². The van der Waals surface area contributed by atoms with Gasteiger partial charge in [0.1, 0.15) is 10.6 Å². The smallest absolute Gasteiger partial charge is 0.182 e. The molecule has 5 heteroatoms. The zero-order valence-corrected chi connectivity index (χ0v) is 10.3. The van der Waals surface area contributed by atoms with Gasteiger partial charge < -0.3 is 10.5 Å². The van der Waals surface area contributed by atoms with Crippen molar-refractivity contribution in [1.82, 2.24) is 0 Å². The van der Waals surface area contributed by atoms with Crippen LogP contribution >= 0.6 is 0 Å². The third-order valence-corrected chi connectivity index (χ3v) is 4.03. The molecule has 0 aromatic heterocycles. The molecular formula is C11H17NO3S. The van der Waals surface area contributed by atoms with E-state index in [1.165, 1.54) is 7.11 Å². The topological polar surface area (TPSA) is 69.4 Å². The van der Waals surface area contributed by atoms with Crippen molar-refractivity contribution < 1.29 is 13.2 Å². The summed E-state index contributed by atoms with van der Waals surface area (Å²) in [5, 5.41) is 0. The van der Waals surface area contributed by atoms with Gasteiger partial charge >= 0.3 is 0 Å². The largest absolute Gasteiger partial charge is 0.495 e. The van der Waals surface area contributed by atoms with E-state index in [2.05, 4.69) is 0 Å². The predicted octanol–water partition coefficient (Wildman–Crippen LogP) is 1.21. The Balaban J connectivity index is 2.98. The molecule has 0 bridgehead atoms. The SMILES string of the molecule is COc1ccccc1S(=O)(=O)CCC(C)N. The minimum absolute atomic E-state index is 0.0467. The van der Waals surface area contributed by atoms with E-state index < -0.39 is 9.84 Å². The highest BCUT2D eigenvalue weighted by Gasteiger charge is 2.19. The summed E-state index contributed by atoms with van der Waals surface area (Å²) in [7, 11) is -1.84. The molecule has 1 unspecified atom stereocenters. The van der Waals surface area contributed by atoms with Gasteiger partial charge in [0, 0.05) is 6.04 Å². The van der Waals surface area contributed by atoms with Crippen LogP contribution in [0.2, 0.25) is 0 Å². The second kappa shape index (κ2) is 5.32. The van der Waals surface area contributed by atoms with Crippen LogP contribution in [0.1, 0.15) is 13.3 Å². The summed E-state index contributed by atoms with van der Waals surface area (Å²) in [6, 6.07) is 6.49. The van der Waals surface area contributed by atoms with Crippen LogP contribution in [0.4, 0.5) is 0 Å². The highest BCUT2D eigenvalue weighted by atomic mass is 32.2. The summed E-state index contributed by atoms with van der Waals surface area (Å²) >= 11 is 0. The quantitative estimate of drug-likeness (QED) is 0.843. The molecule has 1 aromatic carbocycles. The highest BCUT2D eigenvalue weighted by molar-refractivity contribution is 7.91. The Morgan fingerprint density at radius 2 is 2.00 bits per heavy atom. The van der Waals surface area contributed by atoms with Crippen LogP contribution in [-0.2, 0) is 9.84 Å². The number of ether oxygens (including phenoxy) is 1. The van der Waals surface area contributed by atoms with Gasteiger partial charge in [0.05, 0.1) is 12.9 Å². The van der Waals surface area contributed by atoms with Gasteiger partial charge in [0.15, 0.2) is 9.84 Å². The monoisotopic (exact) mass is 243 g/mol. The fourth-order valence-electron chi connectivity index (χ4n) is 1.33. The number of benzene rings is 1. The van der Waals surface area contributed by atoms with Crippen LogP contribution in [0.15, 0.2) is 29.2 Å². The molecule has 1 rings (SSSR count). The first-order valence-electron chi connectivity index (χ1n) is 5.08. The lowest BCUT2D eigenvalue weighted by Crippen LogP contribution is -2.20. The van der Waals surface area contributed by atoms with Crippen molar-refractivity contribution in [3.05, 3.63) is 24.3 Å². The molecule has 16 heavy (non-hydrogen) atoms. The summed E-state index contributed by atoms with van der Waals surface area (Å²) in [6.07, 6.45) is 0.445. The molecule has 0 radical (unpaired) electrons. The van der Waals surface area contributed by atoms with Crippen molar-refractivity contribution >= 4 is 9.84 Å². The maximum Gasteiger partial charge on any atom is 0.182 e. The van der Waals surface area contributed by atoms with Gasteiger partial charge in [0.2, 0.25) is 0 Å². The van der Waals surface area contributed by atoms with E-state index >= 15 is 0 Å². The summed E-state index contributed by atoms with van der Waals surface area (Å²) in [5.41, 5.74) is 5.55. The molecule has 0 aliphatic heterocycles. The molecule has 90 valence electrons. The molecule has 0 saturated carbocycles. The lowest BCUT2D eigenvalue weighted by molar-refractivity contribution is 0.402. The second-order valence-corrected chi connectivity index (χ2v) is 5.81. The van der Waals surface area contributed by atoms with Gasteiger partial charge in [-0.15, -0.1) is 0 Å². The molecule has 0 amide bonds. The molecule has 0 spiro atoms. The zero-order valence-electron chi connectivity index (χ0n) is 9.51. The standard InChI is InChI=1S/C11H17NO3S/c1-9(12)7-8-16(13,14)11-6-4-3-5-10(11)15-2/h3-6,9H,7-8,12H2,1-2H3. The number of hydrogen-bond acceptors (Lipinski definition) is 4. The number of para-hydroxylation sites is 1. The Hall–Kier alpha value is -1.07. The van der Waals surface area contributed by atoms with Gasteiger partial charge in [-0.05, 0) is 25.5 Å². The summed E-state index contributed by atoms with van der Waals surface area (Å²) in [4.78, 5) is 0.234. The van der Waals surface area contributed by atoms with Crippen molar-refractivity contribution in [2.24, 2.45) is 5.73 Å². The van der Waals surface area contributed by atoms with Crippen LogP contribution in [0.3, 0.4) is 0 Å². The van der Waals surface area contributed by atoms with Gasteiger partial charge in [-0.3, -0.25) is 0 Å². The number of rotatable bonds is 5. The molecule has 0 heterocycles. The normalized spacial score (nSPS) is 13.4. The van der Waals surface area contributed by atoms with E-state index in [4.69, 9.17) is 10.5 Å². The third-order valence-electron chi connectivity index (χ3n) is 2.25. The predicted molar refractivity (Wildman–Crippen MR) is 63.3 cm³/mol. The van der Waals surface area contributed by atoms with Gasteiger partial charge in [-0.1, -0.05) is 12.1 Å². The molecule has 0 aliphatic carbocycles. The molecule has 2 N–H and O–H groups in total. The Morgan fingerprint density at radius 1 is 1.38 bits per heavy atom. The summed E-state index contributed by atoms with van der Waals surface area (Å²) in [6.45, 7) is 1.79. The van der Waals surface area contributed by atoms with Gasteiger partial charge in [-0.2, -0.15) is 0 Å². The first-order valence-corrected chi connectivity index (χ1v) is 6.74. The molecule has 0 fully saturated rings. The van der Waals surface area contributed by atoms with Gasteiger partial charge in [0.25, 0.3) is 0 Å². The Bertz CT molecular complexity index is 440. The van der Waals surface area contributed by atoms with E-state index in [0.717, 1.165) is 0 Å². The van der Waals surface area contributed by atoms with Crippen LogP contribution in [0.5, 0.6) is 5.75 Å². The van der Waals surface area contributed by atoms with E-state index in [9.17, 15) is 8.42 Å². The van der Waals surface area contributed by atoms with Gasteiger partial charge in [-0.25, -0.2) is 8.42 Å². The van der Waals surface area contributed by atoms with Crippen LogP contribution in [-0.4, -0.2) is 27.3 Å². The summed E-state index contributed by atoms with van der Waals surface area (Å²) < 4.78 is 29.0. The van der Waals surface area contributed by atoms with Crippen LogP contribution < -0.4 is 10.5 Å². The average molecular weight is 243 g/mol. The Morgan fingerprint density at radius 3 is 2.56 bits per heavy atom.